The van der Waals surface area contributed by atoms with E-state index in [1.165, 1.54) is 7.11 Å². The van der Waals surface area contributed by atoms with Gasteiger partial charge in [-0.2, -0.15) is 0 Å². The van der Waals surface area contributed by atoms with Gasteiger partial charge in [-0.05, 0) is 36.4 Å². The first-order valence-electron chi connectivity index (χ1n) is 6.12. The van der Waals surface area contributed by atoms with Crippen LogP contribution in [0.25, 0.3) is 22.4 Å². The zero-order chi connectivity index (χ0) is 15.0. The summed E-state index contributed by atoms with van der Waals surface area (Å²) in [5.41, 5.74) is 2.68. The summed E-state index contributed by atoms with van der Waals surface area (Å²) in [5, 5.41) is 1.07. The number of halogens is 2. The average molecular weight is 321 g/mol. The predicted octanol–water partition coefficient (Wildman–Crippen LogP) is 4.32. The van der Waals surface area contributed by atoms with E-state index in [2.05, 4.69) is 9.97 Å². The van der Waals surface area contributed by atoms with Crippen molar-refractivity contribution in [3.63, 3.8) is 0 Å². The molecule has 1 N–H and O–H groups in total. The third kappa shape index (κ3) is 2.60. The highest BCUT2D eigenvalue weighted by Crippen LogP contribution is 2.30. The number of rotatable bonds is 2. The van der Waals surface area contributed by atoms with Gasteiger partial charge in [0, 0.05) is 10.6 Å². The number of H-pyrrole nitrogens is 1. The number of fused-ring (bicyclic) bond motifs is 1. The van der Waals surface area contributed by atoms with E-state index >= 15 is 0 Å². The third-order valence-electron chi connectivity index (χ3n) is 3.09. The first-order valence-corrected chi connectivity index (χ1v) is 6.87. The Labute approximate surface area is 130 Å². The number of carbonyl (C=O) groups is 1. The van der Waals surface area contributed by atoms with Gasteiger partial charge in [0.15, 0.2) is 0 Å². The number of ether oxygens (including phenoxy) is 1. The minimum Gasteiger partial charge on any atom is -0.465 e. The molecule has 0 atom stereocenters. The van der Waals surface area contributed by atoms with Crippen LogP contribution in [0.4, 0.5) is 0 Å². The van der Waals surface area contributed by atoms with E-state index in [9.17, 15) is 4.79 Å². The summed E-state index contributed by atoms with van der Waals surface area (Å²) in [6.07, 6.45) is 0. The maximum absolute atomic E-state index is 11.5. The van der Waals surface area contributed by atoms with Gasteiger partial charge in [0.1, 0.15) is 5.82 Å². The molecule has 21 heavy (non-hydrogen) atoms. The Morgan fingerprint density at radius 1 is 1.19 bits per heavy atom. The van der Waals surface area contributed by atoms with Crippen molar-refractivity contribution in [1.29, 1.82) is 0 Å². The summed E-state index contributed by atoms with van der Waals surface area (Å²) in [4.78, 5) is 19.1. The Kier molecular flexibility index (Phi) is 3.57. The largest absolute Gasteiger partial charge is 0.465 e. The van der Waals surface area contributed by atoms with Gasteiger partial charge >= 0.3 is 5.97 Å². The number of aromatic amines is 1. The standard InChI is InChI=1S/C15H10Cl2N2O2/c1-21-15(20)8-2-5-12-13(6-8)19-14(18-12)10-4-3-9(16)7-11(10)17/h2-7H,1H3,(H,18,19). The molecular formula is C15H10Cl2N2O2. The molecule has 0 bridgehead atoms. The lowest BCUT2D eigenvalue weighted by Gasteiger charge is -2.00. The molecule has 6 heteroatoms. The number of nitrogens with one attached hydrogen (secondary N) is 1. The van der Waals surface area contributed by atoms with Gasteiger partial charge in [0.2, 0.25) is 0 Å². The van der Waals surface area contributed by atoms with E-state index in [0.717, 1.165) is 16.6 Å². The number of hydrogen-bond donors (Lipinski definition) is 1. The fourth-order valence-electron chi connectivity index (χ4n) is 2.06. The van der Waals surface area contributed by atoms with E-state index in [1.807, 2.05) is 0 Å². The molecule has 2 aromatic carbocycles. The summed E-state index contributed by atoms with van der Waals surface area (Å²) in [7, 11) is 1.35. The smallest absolute Gasteiger partial charge is 0.337 e. The number of benzene rings is 2. The molecule has 4 nitrogen and oxygen atoms in total. The minimum absolute atomic E-state index is 0.391. The number of nitrogens with zero attached hydrogens (tertiary/aromatic N) is 1. The molecular weight excluding hydrogens is 311 g/mol. The molecule has 1 aromatic heterocycles. The van der Waals surface area contributed by atoms with Crippen LogP contribution in [-0.2, 0) is 4.74 Å². The molecule has 106 valence electrons. The second-order valence-corrected chi connectivity index (χ2v) is 5.28. The Morgan fingerprint density at radius 3 is 2.71 bits per heavy atom. The maximum Gasteiger partial charge on any atom is 0.337 e. The van der Waals surface area contributed by atoms with Crippen LogP contribution in [0.5, 0.6) is 0 Å². The van der Waals surface area contributed by atoms with Crippen molar-refractivity contribution in [1.82, 2.24) is 9.97 Å². The Morgan fingerprint density at radius 2 is 2.00 bits per heavy atom. The number of esters is 1. The van der Waals surface area contributed by atoms with Gasteiger partial charge in [-0.3, -0.25) is 0 Å². The molecule has 0 amide bonds. The lowest BCUT2D eigenvalue weighted by molar-refractivity contribution is 0.0601. The van der Waals surface area contributed by atoms with E-state index in [0.29, 0.717) is 21.4 Å². The summed E-state index contributed by atoms with van der Waals surface area (Å²) < 4.78 is 4.70. The van der Waals surface area contributed by atoms with Gasteiger partial charge in [-0.25, -0.2) is 9.78 Å². The fourth-order valence-corrected chi connectivity index (χ4v) is 2.56. The van der Waals surface area contributed by atoms with Crippen molar-refractivity contribution in [2.45, 2.75) is 0 Å². The summed E-state index contributed by atoms with van der Waals surface area (Å²) in [5.74, 6) is 0.228. The Balaban J connectivity index is 2.10. The summed E-state index contributed by atoms with van der Waals surface area (Å²) in [6, 6.07) is 10.3. The molecule has 0 spiro atoms. The van der Waals surface area contributed by atoms with Crippen molar-refractivity contribution >= 4 is 40.2 Å². The number of methoxy groups -OCH3 is 1. The molecule has 1 heterocycles. The number of imidazole rings is 1. The van der Waals surface area contributed by atoms with Crippen LogP contribution in [0.2, 0.25) is 10.0 Å². The normalized spacial score (nSPS) is 10.8. The van der Waals surface area contributed by atoms with Crippen molar-refractivity contribution in [2.75, 3.05) is 7.11 Å². The number of aromatic nitrogens is 2. The first kappa shape index (κ1) is 13.9. The second-order valence-electron chi connectivity index (χ2n) is 4.43. The van der Waals surface area contributed by atoms with Gasteiger partial charge < -0.3 is 9.72 Å². The molecule has 3 rings (SSSR count). The fraction of sp³-hybridized carbons (Fsp3) is 0.0667. The Bertz CT molecular complexity index is 843. The lowest BCUT2D eigenvalue weighted by Crippen LogP contribution is -2.00. The van der Waals surface area contributed by atoms with Crippen molar-refractivity contribution in [3.8, 4) is 11.4 Å². The van der Waals surface area contributed by atoms with Crippen molar-refractivity contribution in [2.24, 2.45) is 0 Å². The second kappa shape index (κ2) is 5.39. The molecule has 0 radical (unpaired) electrons. The van der Waals surface area contributed by atoms with Crippen LogP contribution in [0, 0.1) is 0 Å². The highest BCUT2D eigenvalue weighted by atomic mass is 35.5. The third-order valence-corrected chi connectivity index (χ3v) is 3.64. The molecule has 0 aliphatic rings. The van der Waals surface area contributed by atoms with Crippen LogP contribution in [0.15, 0.2) is 36.4 Å². The van der Waals surface area contributed by atoms with E-state index < -0.39 is 5.97 Å². The quantitative estimate of drug-likeness (QED) is 0.715. The average Bonchev–Trinajstić information content (AvgIpc) is 2.88. The van der Waals surface area contributed by atoms with Gasteiger partial charge in [0.05, 0.1) is 28.7 Å². The summed E-state index contributed by atoms with van der Waals surface area (Å²) >= 11 is 12.1. The molecule has 0 saturated heterocycles. The lowest BCUT2D eigenvalue weighted by atomic mass is 10.2. The molecule has 0 aliphatic heterocycles. The molecule has 3 aromatic rings. The van der Waals surface area contributed by atoms with E-state index in [4.69, 9.17) is 27.9 Å². The number of hydrogen-bond acceptors (Lipinski definition) is 3. The highest BCUT2D eigenvalue weighted by molar-refractivity contribution is 6.36. The molecule has 0 saturated carbocycles. The Hall–Kier alpha value is -2.04. The van der Waals surface area contributed by atoms with Crippen LogP contribution < -0.4 is 0 Å². The summed E-state index contributed by atoms with van der Waals surface area (Å²) in [6.45, 7) is 0. The molecule has 0 fully saturated rings. The van der Waals surface area contributed by atoms with Gasteiger partial charge in [-0.1, -0.05) is 23.2 Å². The SMILES string of the molecule is COC(=O)c1ccc2nc(-c3ccc(Cl)cc3Cl)[nH]c2c1. The van der Waals surface area contributed by atoms with Crippen molar-refractivity contribution in [3.05, 3.63) is 52.0 Å². The molecule has 0 unspecified atom stereocenters. The van der Waals surface area contributed by atoms with Crippen LogP contribution >= 0.6 is 23.2 Å². The first-order chi connectivity index (χ1) is 10.1. The zero-order valence-electron chi connectivity index (χ0n) is 11.0. The van der Waals surface area contributed by atoms with Gasteiger partial charge in [-0.15, -0.1) is 0 Å². The zero-order valence-corrected chi connectivity index (χ0v) is 12.5. The van der Waals surface area contributed by atoms with E-state index in [-0.39, 0.29) is 0 Å². The van der Waals surface area contributed by atoms with Crippen LogP contribution in [0.1, 0.15) is 10.4 Å². The molecule has 0 aliphatic carbocycles. The maximum atomic E-state index is 11.5. The predicted molar refractivity (Wildman–Crippen MR) is 82.9 cm³/mol. The highest BCUT2D eigenvalue weighted by Gasteiger charge is 2.12. The number of carbonyl (C=O) groups excluding carboxylic acids is 1. The van der Waals surface area contributed by atoms with Crippen LogP contribution in [0.3, 0.4) is 0 Å². The monoisotopic (exact) mass is 320 g/mol. The van der Waals surface area contributed by atoms with E-state index in [1.54, 1.807) is 36.4 Å². The topological polar surface area (TPSA) is 55.0 Å². The van der Waals surface area contributed by atoms with Gasteiger partial charge in [0.25, 0.3) is 0 Å². The van der Waals surface area contributed by atoms with Crippen molar-refractivity contribution < 1.29 is 9.53 Å². The minimum atomic E-state index is -0.391. The van der Waals surface area contributed by atoms with Crippen LogP contribution in [-0.4, -0.2) is 23.0 Å².